The Morgan fingerprint density at radius 3 is 2.65 bits per heavy atom. The molecule has 104 valence electrons. The maximum Gasteiger partial charge on any atom is 0.250 e. The normalized spacial score (nSPS) is 10.2. The first kappa shape index (κ1) is 14.4. The van der Waals surface area contributed by atoms with Crippen molar-refractivity contribution in [1.29, 1.82) is 0 Å². The number of carbonyl (C=O) groups excluding carboxylic acids is 1. The molecular weight excluding hydrogens is 276 g/mol. The molecular formula is C15H15ClN2O2. The maximum absolute atomic E-state index is 11.7. The molecule has 0 aliphatic rings. The average Bonchev–Trinajstić information content (AvgIpc) is 2.44. The Hall–Kier alpha value is -2.04. The molecule has 0 aromatic heterocycles. The van der Waals surface area contributed by atoms with Gasteiger partial charge >= 0.3 is 0 Å². The Balaban J connectivity index is 1.79. The maximum atomic E-state index is 11.7. The molecule has 0 atom stereocenters. The van der Waals surface area contributed by atoms with Gasteiger partial charge in [-0.15, -0.1) is 0 Å². The van der Waals surface area contributed by atoms with Crippen molar-refractivity contribution in [2.24, 2.45) is 0 Å². The lowest BCUT2D eigenvalue weighted by Crippen LogP contribution is -2.18. The van der Waals surface area contributed by atoms with E-state index in [-0.39, 0.29) is 12.5 Å². The molecule has 20 heavy (non-hydrogen) atoms. The minimum Gasteiger partial charge on any atom is -0.397 e. The number of benzene rings is 2. The van der Waals surface area contributed by atoms with Gasteiger partial charge in [-0.25, -0.2) is 0 Å². The molecule has 0 saturated heterocycles. The van der Waals surface area contributed by atoms with Crippen LogP contribution in [0.5, 0.6) is 0 Å². The first-order valence-corrected chi connectivity index (χ1v) is 6.49. The van der Waals surface area contributed by atoms with Gasteiger partial charge in [-0.2, -0.15) is 0 Å². The van der Waals surface area contributed by atoms with Crippen molar-refractivity contribution in [2.75, 3.05) is 17.7 Å². The van der Waals surface area contributed by atoms with Crippen LogP contribution in [0.1, 0.15) is 5.56 Å². The quantitative estimate of drug-likeness (QED) is 0.832. The van der Waals surface area contributed by atoms with Gasteiger partial charge in [-0.3, -0.25) is 4.79 Å². The standard InChI is InChI=1S/C15H15ClN2O2/c16-13-7-6-12(8-14(13)17)18-15(19)10-20-9-11-4-2-1-3-5-11/h1-8H,9-10,17H2,(H,18,19). The van der Waals surface area contributed by atoms with Gasteiger partial charge in [0.1, 0.15) is 6.61 Å². The van der Waals surface area contributed by atoms with Gasteiger partial charge in [0.2, 0.25) is 5.91 Å². The molecule has 4 nitrogen and oxygen atoms in total. The molecule has 0 unspecified atom stereocenters. The second kappa shape index (κ2) is 6.93. The number of nitrogens with one attached hydrogen (secondary N) is 1. The lowest BCUT2D eigenvalue weighted by molar-refractivity contribution is -0.121. The monoisotopic (exact) mass is 290 g/mol. The number of carbonyl (C=O) groups is 1. The highest BCUT2D eigenvalue weighted by atomic mass is 35.5. The topological polar surface area (TPSA) is 64.3 Å². The average molecular weight is 291 g/mol. The predicted molar refractivity (Wildman–Crippen MR) is 80.6 cm³/mol. The zero-order valence-electron chi connectivity index (χ0n) is 10.8. The largest absolute Gasteiger partial charge is 0.397 e. The summed E-state index contributed by atoms with van der Waals surface area (Å²) in [5.41, 5.74) is 7.71. The van der Waals surface area contributed by atoms with E-state index in [1.165, 1.54) is 0 Å². The van der Waals surface area contributed by atoms with Crippen LogP contribution in [0, 0.1) is 0 Å². The molecule has 0 fully saturated rings. The van der Waals surface area contributed by atoms with Gasteiger partial charge in [0.15, 0.2) is 0 Å². The van der Waals surface area contributed by atoms with Crippen molar-refractivity contribution in [2.45, 2.75) is 6.61 Å². The fourth-order valence-electron chi connectivity index (χ4n) is 1.65. The van der Waals surface area contributed by atoms with E-state index in [2.05, 4.69) is 5.32 Å². The Labute approximate surface area is 122 Å². The van der Waals surface area contributed by atoms with Gasteiger partial charge in [0.05, 0.1) is 17.3 Å². The Morgan fingerprint density at radius 1 is 1.20 bits per heavy atom. The van der Waals surface area contributed by atoms with Gasteiger partial charge in [-0.05, 0) is 23.8 Å². The van der Waals surface area contributed by atoms with E-state index in [0.717, 1.165) is 5.56 Å². The summed E-state index contributed by atoms with van der Waals surface area (Å²) in [4.78, 5) is 11.7. The summed E-state index contributed by atoms with van der Waals surface area (Å²) in [6.45, 7) is 0.383. The molecule has 0 aliphatic carbocycles. The summed E-state index contributed by atoms with van der Waals surface area (Å²) in [7, 11) is 0. The summed E-state index contributed by atoms with van der Waals surface area (Å²) in [6.07, 6.45) is 0. The first-order valence-electron chi connectivity index (χ1n) is 6.11. The third-order valence-electron chi connectivity index (χ3n) is 2.62. The highest BCUT2D eigenvalue weighted by Gasteiger charge is 2.04. The zero-order valence-corrected chi connectivity index (χ0v) is 11.6. The molecule has 2 aromatic rings. The van der Waals surface area contributed by atoms with Crippen LogP contribution in [-0.4, -0.2) is 12.5 Å². The Morgan fingerprint density at radius 2 is 1.95 bits per heavy atom. The summed E-state index contributed by atoms with van der Waals surface area (Å²) >= 11 is 5.81. The number of ether oxygens (including phenoxy) is 1. The van der Waals surface area contributed by atoms with Crippen LogP contribution < -0.4 is 11.1 Å². The van der Waals surface area contributed by atoms with E-state index in [0.29, 0.717) is 23.0 Å². The number of nitrogen functional groups attached to an aromatic ring is 1. The summed E-state index contributed by atoms with van der Waals surface area (Å²) in [6, 6.07) is 14.6. The van der Waals surface area contributed by atoms with Crippen LogP contribution in [0.3, 0.4) is 0 Å². The number of anilines is 2. The van der Waals surface area contributed by atoms with E-state index >= 15 is 0 Å². The van der Waals surface area contributed by atoms with Crippen molar-refractivity contribution >= 4 is 28.9 Å². The van der Waals surface area contributed by atoms with Gasteiger partial charge < -0.3 is 15.8 Å². The van der Waals surface area contributed by atoms with E-state index in [4.69, 9.17) is 22.1 Å². The number of nitrogens with two attached hydrogens (primary N) is 1. The van der Waals surface area contributed by atoms with Crippen molar-refractivity contribution in [1.82, 2.24) is 0 Å². The second-order valence-corrected chi connectivity index (χ2v) is 4.67. The van der Waals surface area contributed by atoms with Gasteiger partial charge in [-0.1, -0.05) is 41.9 Å². The number of halogens is 1. The van der Waals surface area contributed by atoms with Gasteiger partial charge in [0.25, 0.3) is 0 Å². The molecule has 2 rings (SSSR count). The smallest absolute Gasteiger partial charge is 0.250 e. The van der Waals surface area contributed by atoms with Crippen LogP contribution >= 0.6 is 11.6 Å². The van der Waals surface area contributed by atoms with Crippen molar-refractivity contribution in [3.8, 4) is 0 Å². The summed E-state index contributed by atoms with van der Waals surface area (Å²) < 4.78 is 5.34. The lowest BCUT2D eigenvalue weighted by atomic mass is 10.2. The van der Waals surface area contributed by atoms with Crippen molar-refractivity contribution in [3.05, 3.63) is 59.1 Å². The molecule has 0 bridgehead atoms. The molecule has 0 spiro atoms. The highest BCUT2D eigenvalue weighted by Crippen LogP contribution is 2.22. The molecule has 0 saturated carbocycles. The number of amides is 1. The fourth-order valence-corrected chi connectivity index (χ4v) is 1.77. The van der Waals surface area contributed by atoms with E-state index in [1.54, 1.807) is 18.2 Å². The molecule has 1 amide bonds. The van der Waals surface area contributed by atoms with Crippen LogP contribution in [0.4, 0.5) is 11.4 Å². The lowest BCUT2D eigenvalue weighted by Gasteiger charge is -2.07. The molecule has 2 aromatic carbocycles. The number of hydrogen-bond acceptors (Lipinski definition) is 3. The fraction of sp³-hybridized carbons (Fsp3) is 0.133. The molecule has 0 aliphatic heterocycles. The third-order valence-corrected chi connectivity index (χ3v) is 2.97. The minimum atomic E-state index is -0.234. The van der Waals surface area contributed by atoms with Crippen LogP contribution in [0.15, 0.2) is 48.5 Å². The van der Waals surface area contributed by atoms with E-state index < -0.39 is 0 Å². The van der Waals surface area contributed by atoms with E-state index in [1.807, 2.05) is 30.3 Å². The minimum absolute atomic E-state index is 0.0164. The second-order valence-electron chi connectivity index (χ2n) is 4.26. The molecule has 0 heterocycles. The highest BCUT2D eigenvalue weighted by molar-refractivity contribution is 6.33. The molecule has 3 N–H and O–H groups in total. The molecule has 5 heteroatoms. The Bertz CT molecular complexity index is 588. The Kier molecular flexibility index (Phi) is 4.98. The predicted octanol–water partition coefficient (Wildman–Crippen LogP) is 3.08. The van der Waals surface area contributed by atoms with Crippen LogP contribution in [0.2, 0.25) is 5.02 Å². The van der Waals surface area contributed by atoms with Crippen LogP contribution in [0.25, 0.3) is 0 Å². The number of rotatable bonds is 5. The van der Waals surface area contributed by atoms with Crippen molar-refractivity contribution in [3.63, 3.8) is 0 Å². The SMILES string of the molecule is Nc1cc(NC(=O)COCc2ccccc2)ccc1Cl. The summed E-state index contributed by atoms with van der Waals surface area (Å²) in [5, 5.41) is 3.16. The summed E-state index contributed by atoms with van der Waals surface area (Å²) in [5.74, 6) is -0.234. The number of hydrogen-bond donors (Lipinski definition) is 2. The molecule has 0 radical (unpaired) electrons. The zero-order chi connectivity index (χ0) is 14.4. The van der Waals surface area contributed by atoms with Crippen molar-refractivity contribution < 1.29 is 9.53 Å². The van der Waals surface area contributed by atoms with Crippen LogP contribution in [-0.2, 0) is 16.1 Å². The van der Waals surface area contributed by atoms with Gasteiger partial charge in [0, 0.05) is 5.69 Å². The van der Waals surface area contributed by atoms with E-state index in [9.17, 15) is 4.79 Å². The third kappa shape index (κ3) is 4.26. The first-order chi connectivity index (χ1) is 9.65.